The third-order valence-electron chi connectivity index (χ3n) is 5.66. The van der Waals surface area contributed by atoms with Crippen molar-refractivity contribution in [2.24, 2.45) is 5.41 Å². The Hall–Kier alpha value is -0.570. The van der Waals surface area contributed by atoms with Crippen LogP contribution in [0.3, 0.4) is 0 Å². The van der Waals surface area contributed by atoms with E-state index in [-0.39, 0.29) is 6.04 Å². The molecule has 1 amide bonds. The van der Waals surface area contributed by atoms with Crippen LogP contribution in [0.15, 0.2) is 0 Å². The fraction of sp³-hybridized carbons (Fsp3) is 0.938. The number of hydrogen-bond acceptors (Lipinski definition) is 2. The average molecular weight is 264 g/mol. The fourth-order valence-electron chi connectivity index (χ4n) is 4.29. The Morgan fingerprint density at radius 2 is 1.68 bits per heavy atom. The summed E-state index contributed by atoms with van der Waals surface area (Å²) in [5.74, 6) is 0.384. The monoisotopic (exact) mass is 264 g/mol. The Morgan fingerprint density at radius 3 is 2.42 bits per heavy atom. The molecule has 1 saturated carbocycles. The lowest BCUT2D eigenvalue weighted by Crippen LogP contribution is -2.50. The zero-order valence-corrected chi connectivity index (χ0v) is 12.1. The zero-order valence-electron chi connectivity index (χ0n) is 12.1. The highest BCUT2D eigenvalue weighted by Gasteiger charge is 2.38. The summed E-state index contributed by atoms with van der Waals surface area (Å²) in [6.07, 6.45) is 12.9. The Bertz CT molecular complexity index is 305. The summed E-state index contributed by atoms with van der Waals surface area (Å²) in [6.45, 7) is 3.04. The standard InChI is InChI=1S/C16H28N2O/c19-15(14-6-2-1-5-11-17-14)18-12-9-16(10-13-18)7-3-4-8-16/h14,17H,1-13H2. The highest BCUT2D eigenvalue weighted by molar-refractivity contribution is 5.82. The molecule has 1 N–H and O–H groups in total. The number of nitrogens with one attached hydrogen (secondary N) is 1. The lowest BCUT2D eigenvalue weighted by molar-refractivity contribution is -0.135. The molecule has 1 spiro atoms. The quantitative estimate of drug-likeness (QED) is 0.790. The van der Waals surface area contributed by atoms with E-state index in [9.17, 15) is 4.79 Å². The van der Waals surface area contributed by atoms with E-state index in [1.54, 1.807) is 0 Å². The van der Waals surface area contributed by atoms with Crippen molar-refractivity contribution in [1.82, 2.24) is 10.2 Å². The van der Waals surface area contributed by atoms with E-state index in [1.165, 1.54) is 57.8 Å². The topological polar surface area (TPSA) is 32.3 Å². The predicted molar refractivity (Wildman–Crippen MR) is 77.0 cm³/mol. The maximum atomic E-state index is 12.6. The van der Waals surface area contributed by atoms with Crippen molar-refractivity contribution in [1.29, 1.82) is 0 Å². The van der Waals surface area contributed by atoms with Gasteiger partial charge in [-0.3, -0.25) is 4.79 Å². The highest BCUT2D eigenvalue weighted by atomic mass is 16.2. The Kier molecular flexibility index (Phi) is 4.11. The zero-order chi connectivity index (χ0) is 13.1. The minimum atomic E-state index is 0.111. The minimum Gasteiger partial charge on any atom is -0.341 e. The number of carbonyl (C=O) groups is 1. The van der Waals surface area contributed by atoms with Crippen molar-refractivity contribution in [3.05, 3.63) is 0 Å². The molecule has 1 unspecified atom stereocenters. The van der Waals surface area contributed by atoms with Crippen LogP contribution in [0.1, 0.15) is 64.2 Å². The first kappa shape index (κ1) is 13.4. The van der Waals surface area contributed by atoms with Crippen molar-refractivity contribution in [3.63, 3.8) is 0 Å². The van der Waals surface area contributed by atoms with Crippen molar-refractivity contribution in [3.8, 4) is 0 Å². The van der Waals surface area contributed by atoms with E-state index < -0.39 is 0 Å². The van der Waals surface area contributed by atoms with Crippen LogP contribution in [0, 0.1) is 5.41 Å². The molecule has 0 aromatic rings. The molecule has 2 saturated heterocycles. The molecule has 1 aliphatic carbocycles. The molecule has 2 aliphatic heterocycles. The average Bonchev–Trinajstić information content (AvgIpc) is 2.73. The van der Waals surface area contributed by atoms with E-state index in [0.29, 0.717) is 11.3 Å². The van der Waals surface area contributed by atoms with Crippen molar-refractivity contribution in [2.45, 2.75) is 70.3 Å². The second-order valence-corrected chi connectivity index (χ2v) is 6.89. The van der Waals surface area contributed by atoms with Gasteiger partial charge in [0, 0.05) is 13.1 Å². The minimum absolute atomic E-state index is 0.111. The molecule has 0 aromatic carbocycles. The van der Waals surface area contributed by atoms with Gasteiger partial charge in [0.2, 0.25) is 5.91 Å². The first-order valence-corrected chi connectivity index (χ1v) is 8.31. The molecule has 0 radical (unpaired) electrons. The van der Waals surface area contributed by atoms with Crippen LogP contribution >= 0.6 is 0 Å². The van der Waals surface area contributed by atoms with Crippen LogP contribution in [0.4, 0.5) is 0 Å². The van der Waals surface area contributed by atoms with Gasteiger partial charge in [-0.25, -0.2) is 0 Å². The van der Waals surface area contributed by atoms with Gasteiger partial charge in [0.1, 0.15) is 0 Å². The Labute approximate surface area is 117 Å². The molecule has 2 heterocycles. The molecule has 0 bridgehead atoms. The van der Waals surface area contributed by atoms with Crippen LogP contribution < -0.4 is 5.32 Å². The number of hydrogen-bond donors (Lipinski definition) is 1. The van der Waals surface area contributed by atoms with Crippen LogP contribution in [0.25, 0.3) is 0 Å². The molecule has 3 fully saturated rings. The summed E-state index contributed by atoms with van der Waals surface area (Å²) in [6, 6.07) is 0.111. The second-order valence-electron chi connectivity index (χ2n) is 6.89. The van der Waals surface area contributed by atoms with Gasteiger partial charge in [0.05, 0.1) is 6.04 Å². The highest BCUT2D eigenvalue weighted by Crippen LogP contribution is 2.46. The Balaban J connectivity index is 1.53. The van der Waals surface area contributed by atoms with Crippen LogP contribution in [0.5, 0.6) is 0 Å². The van der Waals surface area contributed by atoms with E-state index in [0.717, 1.165) is 26.1 Å². The van der Waals surface area contributed by atoms with E-state index in [1.807, 2.05) is 0 Å². The SMILES string of the molecule is O=C(C1CCCCCN1)N1CCC2(CCCC2)CC1. The van der Waals surface area contributed by atoms with Gasteiger partial charge < -0.3 is 10.2 Å². The number of rotatable bonds is 1. The molecule has 0 aromatic heterocycles. The van der Waals surface area contributed by atoms with Gasteiger partial charge >= 0.3 is 0 Å². The van der Waals surface area contributed by atoms with E-state index >= 15 is 0 Å². The van der Waals surface area contributed by atoms with Gasteiger partial charge in [-0.05, 0) is 50.5 Å². The van der Waals surface area contributed by atoms with E-state index in [2.05, 4.69) is 10.2 Å². The summed E-state index contributed by atoms with van der Waals surface area (Å²) in [4.78, 5) is 14.7. The Morgan fingerprint density at radius 1 is 0.947 bits per heavy atom. The third kappa shape index (κ3) is 2.96. The largest absolute Gasteiger partial charge is 0.341 e. The summed E-state index contributed by atoms with van der Waals surface area (Å²) in [5, 5.41) is 3.45. The molecule has 3 aliphatic rings. The van der Waals surface area contributed by atoms with Crippen LogP contribution in [0.2, 0.25) is 0 Å². The second kappa shape index (κ2) is 5.82. The molecule has 19 heavy (non-hydrogen) atoms. The lowest BCUT2D eigenvalue weighted by Gasteiger charge is -2.40. The maximum absolute atomic E-state index is 12.6. The fourth-order valence-corrected chi connectivity index (χ4v) is 4.29. The summed E-state index contributed by atoms with van der Waals surface area (Å²) in [7, 11) is 0. The van der Waals surface area contributed by atoms with Crippen LogP contribution in [-0.4, -0.2) is 36.5 Å². The summed E-state index contributed by atoms with van der Waals surface area (Å²) >= 11 is 0. The summed E-state index contributed by atoms with van der Waals surface area (Å²) in [5.41, 5.74) is 0.619. The van der Waals surface area contributed by atoms with Gasteiger partial charge in [-0.15, -0.1) is 0 Å². The number of amides is 1. The number of nitrogens with zero attached hydrogens (tertiary/aromatic N) is 1. The molecule has 3 rings (SSSR count). The van der Waals surface area contributed by atoms with Crippen LogP contribution in [-0.2, 0) is 4.79 Å². The predicted octanol–water partition coefficient (Wildman–Crippen LogP) is 2.70. The number of likely N-dealkylation sites (tertiary alicyclic amines) is 1. The van der Waals surface area contributed by atoms with Gasteiger partial charge in [0.25, 0.3) is 0 Å². The van der Waals surface area contributed by atoms with Crippen molar-refractivity contribution < 1.29 is 4.79 Å². The first-order chi connectivity index (χ1) is 9.29. The maximum Gasteiger partial charge on any atom is 0.239 e. The normalized spacial score (nSPS) is 31.4. The van der Waals surface area contributed by atoms with E-state index in [4.69, 9.17) is 0 Å². The van der Waals surface area contributed by atoms with Crippen molar-refractivity contribution >= 4 is 5.91 Å². The summed E-state index contributed by atoms with van der Waals surface area (Å²) < 4.78 is 0. The first-order valence-electron chi connectivity index (χ1n) is 8.31. The van der Waals surface area contributed by atoms with Gasteiger partial charge in [0.15, 0.2) is 0 Å². The molecule has 1 atom stereocenters. The number of piperidine rings is 1. The molecule has 3 heteroatoms. The molecular formula is C16H28N2O. The number of carbonyl (C=O) groups excluding carboxylic acids is 1. The molecule has 3 nitrogen and oxygen atoms in total. The smallest absolute Gasteiger partial charge is 0.239 e. The van der Waals surface area contributed by atoms with Crippen molar-refractivity contribution in [2.75, 3.05) is 19.6 Å². The molecule has 108 valence electrons. The molecular weight excluding hydrogens is 236 g/mol. The lowest BCUT2D eigenvalue weighted by atomic mass is 9.77. The van der Waals surface area contributed by atoms with Gasteiger partial charge in [-0.2, -0.15) is 0 Å². The van der Waals surface area contributed by atoms with Gasteiger partial charge in [-0.1, -0.05) is 25.7 Å². The third-order valence-corrected chi connectivity index (χ3v) is 5.66.